The molecule has 16 heavy (non-hydrogen) atoms. The van der Waals surface area contributed by atoms with Crippen LogP contribution in [0.1, 0.15) is 24.1 Å². The Morgan fingerprint density at radius 3 is 2.56 bits per heavy atom. The molecule has 2 rings (SSSR count). The van der Waals surface area contributed by atoms with E-state index in [4.69, 9.17) is 5.14 Å². The molecular weight excluding hydrogens is 246 g/mol. The fourth-order valence-electron chi connectivity index (χ4n) is 1.63. The Balaban J connectivity index is 2.36. The highest BCUT2D eigenvalue weighted by Gasteiger charge is 2.16. The van der Waals surface area contributed by atoms with Gasteiger partial charge in [-0.25, -0.2) is 13.6 Å². The number of carbonyl (C=O) groups excluding carboxylic acids is 1. The van der Waals surface area contributed by atoms with Gasteiger partial charge in [0, 0.05) is 11.3 Å². The molecule has 86 valence electrons. The van der Waals surface area contributed by atoms with Crippen LogP contribution in [-0.4, -0.2) is 14.2 Å². The monoisotopic (exact) mass is 257 g/mol. The molecule has 0 spiro atoms. The van der Waals surface area contributed by atoms with E-state index in [2.05, 4.69) is 0 Å². The van der Waals surface area contributed by atoms with Crippen molar-refractivity contribution in [2.24, 2.45) is 5.14 Å². The molecule has 0 saturated heterocycles. The maximum absolute atomic E-state index is 11.2. The summed E-state index contributed by atoms with van der Waals surface area (Å²) in [7, 11) is -3.63. The zero-order chi connectivity index (χ0) is 11.8. The maximum Gasteiger partial charge on any atom is 0.247 e. The molecule has 1 aliphatic rings. The first-order valence-corrected chi connectivity index (χ1v) is 7.19. The van der Waals surface area contributed by atoms with Gasteiger partial charge in [0.15, 0.2) is 5.78 Å². The van der Waals surface area contributed by atoms with Crippen molar-refractivity contribution in [1.29, 1.82) is 0 Å². The number of nitrogens with two attached hydrogens (primary N) is 1. The Morgan fingerprint density at radius 1 is 1.25 bits per heavy atom. The molecule has 1 heterocycles. The zero-order valence-corrected chi connectivity index (χ0v) is 10.1. The lowest BCUT2D eigenvalue weighted by Crippen LogP contribution is -2.09. The van der Waals surface area contributed by atoms with Crippen LogP contribution in [0.15, 0.2) is 22.4 Å². The molecule has 0 aliphatic heterocycles. The van der Waals surface area contributed by atoms with Gasteiger partial charge in [0.05, 0.1) is 0 Å². The van der Waals surface area contributed by atoms with Crippen molar-refractivity contribution >= 4 is 32.7 Å². The molecule has 1 aromatic heterocycles. The summed E-state index contributed by atoms with van der Waals surface area (Å²) in [6, 6.07) is 3.18. The summed E-state index contributed by atoms with van der Waals surface area (Å²) in [4.78, 5) is 12.1. The third-order valence-corrected chi connectivity index (χ3v) is 4.98. The standard InChI is InChI=1S/C10H11NO3S2/c11-16(13,14)10-5-4-9(15-10)7-2-1-3-8(12)6-7/h4-6H,1-3H2,(H2,11,13,14). The van der Waals surface area contributed by atoms with Gasteiger partial charge >= 0.3 is 0 Å². The molecule has 0 unspecified atom stereocenters. The number of ketones is 1. The van der Waals surface area contributed by atoms with Gasteiger partial charge in [-0.3, -0.25) is 4.79 Å². The summed E-state index contributed by atoms with van der Waals surface area (Å²) in [5.74, 6) is 0.104. The van der Waals surface area contributed by atoms with E-state index in [1.54, 1.807) is 12.1 Å². The Kier molecular flexibility index (Phi) is 2.96. The number of allylic oxidation sites excluding steroid dienone is 2. The lowest BCUT2D eigenvalue weighted by Gasteiger charge is -2.09. The van der Waals surface area contributed by atoms with Gasteiger partial charge in [-0.1, -0.05) is 0 Å². The Hall–Kier alpha value is -0.980. The number of thiophene rings is 1. The number of hydrogen-bond acceptors (Lipinski definition) is 4. The number of primary sulfonamides is 1. The van der Waals surface area contributed by atoms with Crippen molar-refractivity contribution < 1.29 is 13.2 Å². The first-order valence-electron chi connectivity index (χ1n) is 4.83. The second-order valence-corrected chi connectivity index (χ2v) is 6.53. The van der Waals surface area contributed by atoms with Crippen LogP contribution < -0.4 is 5.14 Å². The second kappa shape index (κ2) is 4.12. The second-order valence-electron chi connectivity index (χ2n) is 3.65. The van der Waals surface area contributed by atoms with Gasteiger partial charge in [-0.05, 0) is 36.6 Å². The fraction of sp³-hybridized carbons (Fsp3) is 0.300. The molecule has 2 N–H and O–H groups in total. The smallest absolute Gasteiger partial charge is 0.247 e. The Labute approximate surface area is 97.8 Å². The molecule has 0 fully saturated rings. The van der Waals surface area contributed by atoms with Gasteiger partial charge in [0.2, 0.25) is 10.0 Å². The van der Waals surface area contributed by atoms with Gasteiger partial charge < -0.3 is 0 Å². The predicted octanol–water partition coefficient (Wildman–Crippen LogP) is 1.53. The van der Waals surface area contributed by atoms with E-state index in [0.29, 0.717) is 6.42 Å². The van der Waals surface area contributed by atoms with Crippen LogP contribution in [-0.2, 0) is 14.8 Å². The fourth-order valence-corrected chi connectivity index (χ4v) is 3.40. The van der Waals surface area contributed by atoms with Crippen molar-refractivity contribution in [2.45, 2.75) is 23.5 Å². The number of sulfonamides is 1. The predicted molar refractivity (Wildman–Crippen MR) is 62.5 cm³/mol. The van der Waals surface area contributed by atoms with Gasteiger partial charge in [0.1, 0.15) is 4.21 Å². The van der Waals surface area contributed by atoms with Crippen LogP contribution in [0.4, 0.5) is 0 Å². The summed E-state index contributed by atoms with van der Waals surface area (Å²) in [6.45, 7) is 0. The summed E-state index contributed by atoms with van der Waals surface area (Å²) in [5, 5.41) is 5.02. The highest BCUT2D eigenvalue weighted by atomic mass is 32.2. The van der Waals surface area contributed by atoms with Crippen molar-refractivity contribution in [3.8, 4) is 0 Å². The quantitative estimate of drug-likeness (QED) is 0.872. The highest BCUT2D eigenvalue weighted by molar-refractivity contribution is 7.91. The molecule has 0 aromatic carbocycles. The highest BCUT2D eigenvalue weighted by Crippen LogP contribution is 2.31. The lowest BCUT2D eigenvalue weighted by molar-refractivity contribution is -0.114. The first-order chi connectivity index (χ1) is 7.47. The number of rotatable bonds is 2. The van der Waals surface area contributed by atoms with Gasteiger partial charge in [-0.2, -0.15) is 0 Å². The topological polar surface area (TPSA) is 77.2 Å². The van der Waals surface area contributed by atoms with Gasteiger partial charge in [0.25, 0.3) is 0 Å². The SMILES string of the molecule is NS(=O)(=O)c1ccc(C2=CC(=O)CCC2)s1. The average molecular weight is 257 g/mol. The van der Waals surface area contributed by atoms with Crippen molar-refractivity contribution in [2.75, 3.05) is 0 Å². The molecular formula is C10H11NO3S2. The molecule has 0 saturated carbocycles. The van der Waals surface area contributed by atoms with E-state index in [-0.39, 0.29) is 9.99 Å². The Bertz CT molecular complexity index is 554. The van der Waals surface area contributed by atoms with E-state index in [1.807, 2.05) is 0 Å². The summed E-state index contributed by atoms with van der Waals surface area (Å²) >= 11 is 1.11. The molecule has 0 bridgehead atoms. The molecule has 0 radical (unpaired) electrons. The third-order valence-electron chi connectivity index (χ3n) is 2.38. The van der Waals surface area contributed by atoms with Crippen LogP contribution in [0, 0.1) is 0 Å². The largest absolute Gasteiger partial charge is 0.295 e. The van der Waals surface area contributed by atoms with Crippen LogP contribution in [0.25, 0.3) is 5.57 Å². The minimum Gasteiger partial charge on any atom is -0.295 e. The Morgan fingerprint density at radius 2 is 2.00 bits per heavy atom. The summed E-state index contributed by atoms with van der Waals surface area (Å²) < 4.78 is 22.3. The normalized spacial score (nSPS) is 17.3. The first kappa shape index (κ1) is 11.5. The zero-order valence-electron chi connectivity index (χ0n) is 8.47. The van der Waals surface area contributed by atoms with Crippen molar-refractivity contribution in [1.82, 2.24) is 0 Å². The van der Waals surface area contributed by atoms with Crippen molar-refractivity contribution in [3.63, 3.8) is 0 Å². The van der Waals surface area contributed by atoms with E-state index >= 15 is 0 Å². The molecule has 6 heteroatoms. The number of hydrogen-bond donors (Lipinski definition) is 1. The molecule has 1 aromatic rings. The lowest BCUT2D eigenvalue weighted by atomic mass is 9.98. The molecule has 0 amide bonds. The third kappa shape index (κ3) is 2.40. The van der Waals surface area contributed by atoms with E-state index in [9.17, 15) is 13.2 Å². The molecule has 0 atom stereocenters. The molecule has 4 nitrogen and oxygen atoms in total. The van der Waals surface area contributed by atoms with Crippen LogP contribution >= 0.6 is 11.3 Å². The van der Waals surface area contributed by atoms with Crippen LogP contribution in [0.5, 0.6) is 0 Å². The van der Waals surface area contributed by atoms with Crippen LogP contribution in [0.3, 0.4) is 0 Å². The van der Waals surface area contributed by atoms with Gasteiger partial charge in [-0.15, -0.1) is 11.3 Å². The van der Waals surface area contributed by atoms with E-state index < -0.39 is 10.0 Å². The van der Waals surface area contributed by atoms with Crippen molar-refractivity contribution in [3.05, 3.63) is 23.1 Å². The molecule has 1 aliphatic carbocycles. The maximum atomic E-state index is 11.2. The summed E-state index contributed by atoms with van der Waals surface area (Å²) in [6.07, 6.45) is 3.82. The average Bonchev–Trinajstić information content (AvgIpc) is 2.65. The number of carbonyl (C=O) groups is 1. The minimum absolute atomic E-state index is 0.104. The van der Waals surface area contributed by atoms with E-state index in [1.165, 1.54) is 6.07 Å². The van der Waals surface area contributed by atoms with Crippen LogP contribution in [0.2, 0.25) is 0 Å². The summed E-state index contributed by atoms with van der Waals surface area (Å²) in [5.41, 5.74) is 0.913. The van der Waals surface area contributed by atoms with E-state index in [0.717, 1.165) is 34.6 Å². The minimum atomic E-state index is -3.63.